The summed E-state index contributed by atoms with van der Waals surface area (Å²) in [4.78, 5) is 37.9. The van der Waals surface area contributed by atoms with Gasteiger partial charge < -0.3 is 19.9 Å². The molecule has 0 unspecified atom stereocenters. The molecule has 1 saturated carbocycles. The van der Waals surface area contributed by atoms with Gasteiger partial charge in [-0.3, -0.25) is 4.79 Å². The van der Waals surface area contributed by atoms with Crippen molar-refractivity contribution in [2.24, 2.45) is 5.92 Å². The fourth-order valence-corrected chi connectivity index (χ4v) is 4.42. The molecule has 1 N–H and O–H groups in total. The zero-order chi connectivity index (χ0) is 21.9. The number of hydrogen-bond donors (Lipinski definition) is 1. The van der Waals surface area contributed by atoms with Crippen LogP contribution in [0, 0.1) is 5.92 Å². The summed E-state index contributed by atoms with van der Waals surface area (Å²) in [5, 5.41) is 3.05. The highest BCUT2D eigenvalue weighted by atomic mass is 16.6. The summed E-state index contributed by atoms with van der Waals surface area (Å²) >= 11 is 0. The second-order valence-corrected chi connectivity index (χ2v) is 9.50. The minimum absolute atomic E-state index is 0.0266. The van der Waals surface area contributed by atoms with Crippen molar-refractivity contribution in [3.63, 3.8) is 0 Å². The topological polar surface area (TPSA) is 87.7 Å². The van der Waals surface area contributed by atoms with Crippen LogP contribution in [-0.2, 0) is 9.53 Å². The molecular weight excluding hydrogens is 382 g/mol. The third-order valence-corrected chi connectivity index (χ3v) is 6.09. The van der Waals surface area contributed by atoms with Crippen LogP contribution in [0.2, 0.25) is 0 Å². The van der Waals surface area contributed by atoms with Crippen LogP contribution >= 0.6 is 0 Å². The summed E-state index contributed by atoms with van der Waals surface area (Å²) in [7, 11) is 1.69. The first kappa shape index (κ1) is 22.3. The molecule has 4 atom stereocenters. The summed E-state index contributed by atoms with van der Waals surface area (Å²) in [6.45, 7) is 7.78. The van der Waals surface area contributed by atoms with Crippen LogP contribution in [0.1, 0.15) is 59.8 Å². The lowest BCUT2D eigenvalue weighted by molar-refractivity contribution is -0.122. The van der Waals surface area contributed by atoms with Crippen LogP contribution in [0.4, 0.5) is 10.7 Å². The maximum Gasteiger partial charge on any atom is 0.410 e. The first-order chi connectivity index (χ1) is 14.2. The fraction of sp³-hybridized carbons (Fsp3) is 0.727. The van der Waals surface area contributed by atoms with E-state index in [9.17, 15) is 9.59 Å². The minimum Gasteiger partial charge on any atom is -0.444 e. The molecule has 0 aromatic carbocycles. The molecule has 1 aliphatic carbocycles. The molecule has 1 aromatic heterocycles. The highest BCUT2D eigenvalue weighted by Gasteiger charge is 2.46. The molecule has 3 rings (SSSR count). The van der Waals surface area contributed by atoms with Crippen molar-refractivity contribution in [2.75, 3.05) is 18.5 Å². The van der Waals surface area contributed by atoms with Gasteiger partial charge in [-0.2, -0.15) is 0 Å². The number of fused-ring (bicyclic) bond motifs is 1. The number of carbonyl (C=O) groups is 2. The quantitative estimate of drug-likeness (QED) is 0.792. The van der Waals surface area contributed by atoms with Crippen molar-refractivity contribution in [3.8, 4) is 0 Å². The van der Waals surface area contributed by atoms with Crippen LogP contribution in [-0.4, -0.2) is 64.2 Å². The van der Waals surface area contributed by atoms with E-state index in [1.54, 1.807) is 25.5 Å². The summed E-state index contributed by atoms with van der Waals surface area (Å²) < 4.78 is 5.42. The van der Waals surface area contributed by atoms with Crippen LogP contribution in [0.5, 0.6) is 0 Å². The standard InChI is InChI=1S/C22H35N5O3/c1-15(26(5)21(29)30-22(2,3)4)14-25-19(28)18-13-16-9-6-7-10-17(16)27(18)20-23-11-8-12-24-20/h8,11-12,15-18H,6-7,9-10,13-14H2,1-5H3,(H,25,28)/t15-,16-,17+,18+/m1/s1. The molecule has 2 aliphatic rings. The number of rotatable bonds is 5. The van der Waals surface area contributed by atoms with Crippen LogP contribution in [0.25, 0.3) is 0 Å². The van der Waals surface area contributed by atoms with Crippen molar-refractivity contribution in [3.05, 3.63) is 18.5 Å². The molecule has 0 bridgehead atoms. The van der Waals surface area contributed by atoms with E-state index in [2.05, 4.69) is 20.2 Å². The number of likely N-dealkylation sites (N-methyl/N-ethyl adjacent to an activating group) is 1. The second kappa shape index (κ2) is 9.18. The van der Waals surface area contributed by atoms with Gasteiger partial charge in [-0.05, 0) is 58.9 Å². The van der Waals surface area contributed by atoms with Gasteiger partial charge in [-0.1, -0.05) is 12.8 Å². The largest absolute Gasteiger partial charge is 0.444 e. The van der Waals surface area contributed by atoms with Crippen molar-refractivity contribution < 1.29 is 14.3 Å². The van der Waals surface area contributed by atoms with E-state index in [4.69, 9.17) is 4.74 Å². The van der Waals surface area contributed by atoms with Gasteiger partial charge in [0.2, 0.25) is 11.9 Å². The third-order valence-electron chi connectivity index (χ3n) is 6.09. The van der Waals surface area contributed by atoms with E-state index in [-0.39, 0.29) is 18.0 Å². The molecule has 2 fully saturated rings. The maximum absolute atomic E-state index is 13.2. The number of anilines is 1. The van der Waals surface area contributed by atoms with Gasteiger partial charge in [0.1, 0.15) is 11.6 Å². The summed E-state index contributed by atoms with van der Waals surface area (Å²) in [5.41, 5.74) is -0.551. The van der Waals surface area contributed by atoms with Crippen LogP contribution < -0.4 is 10.2 Å². The van der Waals surface area contributed by atoms with Gasteiger partial charge in [-0.15, -0.1) is 0 Å². The van der Waals surface area contributed by atoms with Gasteiger partial charge in [0, 0.05) is 38.1 Å². The van der Waals surface area contributed by atoms with E-state index in [0.717, 1.165) is 19.3 Å². The van der Waals surface area contributed by atoms with E-state index in [1.165, 1.54) is 17.7 Å². The molecule has 1 aliphatic heterocycles. The van der Waals surface area contributed by atoms with E-state index < -0.39 is 11.7 Å². The van der Waals surface area contributed by atoms with E-state index >= 15 is 0 Å². The number of nitrogens with one attached hydrogen (secondary N) is 1. The van der Waals surface area contributed by atoms with Gasteiger partial charge in [-0.25, -0.2) is 14.8 Å². The Labute approximate surface area is 179 Å². The van der Waals surface area contributed by atoms with Gasteiger partial charge in [0.15, 0.2) is 0 Å². The number of ether oxygens (including phenoxy) is 1. The minimum atomic E-state index is -0.551. The Morgan fingerprint density at radius 2 is 1.93 bits per heavy atom. The van der Waals surface area contributed by atoms with Crippen LogP contribution in [0.3, 0.4) is 0 Å². The Balaban J connectivity index is 1.64. The second-order valence-electron chi connectivity index (χ2n) is 9.50. The highest BCUT2D eigenvalue weighted by Crippen LogP contribution is 2.41. The van der Waals surface area contributed by atoms with E-state index in [0.29, 0.717) is 24.5 Å². The van der Waals surface area contributed by atoms with Crippen molar-refractivity contribution in [1.82, 2.24) is 20.2 Å². The number of aromatic nitrogens is 2. The summed E-state index contributed by atoms with van der Waals surface area (Å²) in [5.74, 6) is 1.10. The molecule has 30 heavy (non-hydrogen) atoms. The monoisotopic (exact) mass is 417 g/mol. The average Bonchev–Trinajstić information content (AvgIpc) is 3.10. The number of hydrogen-bond acceptors (Lipinski definition) is 6. The predicted octanol–water partition coefficient (Wildman–Crippen LogP) is 2.99. The molecule has 166 valence electrons. The molecule has 0 spiro atoms. The molecule has 8 nitrogen and oxygen atoms in total. The highest BCUT2D eigenvalue weighted by molar-refractivity contribution is 5.85. The Morgan fingerprint density at radius 1 is 1.27 bits per heavy atom. The molecule has 2 amide bonds. The summed E-state index contributed by atoms with van der Waals surface area (Å²) in [6, 6.07) is 1.65. The van der Waals surface area contributed by atoms with Crippen molar-refractivity contribution in [1.29, 1.82) is 0 Å². The fourth-order valence-electron chi connectivity index (χ4n) is 4.42. The predicted molar refractivity (Wildman–Crippen MR) is 115 cm³/mol. The molecule has 2 heterocycles. The third kappa shape index (κ3) is 5.21. The van der Waals surface area contributed by atoms with E-state index in [1.807, 2.05) is 27.7 Å². The molecular formula is C22H35N5O3. The normalized spacial score (nSPS) is 24.7. The van der Waals surface area contributed by atoms with Gasteiger partial charge >= 0.3 is 6.09 Å². The number of amides is 2. The number of carbonyl (C=O) groups excluding carboxylic acids is 2. The van der Waals surface area contributed by atoms with Crippen molar-refractivity contribution in [2.45, 2.75) is 83.5 Å². The maximum atomic E-state index is 13.2. The Kier molecular flexibility index (Phi) is 6.83. The first-order valence-corrected chi connectivity index (χ1v) is 11.0. The molecule has 1 aromatic rings. The molecule has 1 saturated heterocycles. The smallest absolute Gasteiger partial charge is 0.410 e. The zero-order valence-corrected chi connectivity index (χ0v) is 18.8. The lowest BCUT2D eigenvalue weighted by Crippen LogP contribution is -2.51. The zero-order valence-electron chi connectivity index (χ0n) is 18.8. The SMILES string of the molecule is C[C@H](CNC(=O)[C@@H]1C[C@H]2CCCC[C@@H]2N1c1ncccn1)N(C)C(=O)OC(C)(C)C. The molecule has 0 radical (unpaired) electrons. The number of nitrogens with zero attached hydrogens (tertiary/aromatic N) is 4. The van der Waals surface area contributed by atoms with Crippen LogP contribution in [0.15, 0.2) is 18.5 Å². The van der Waals surface area contributed by atoms with Gasteiger partial charge in [0.25, 0.3) is 0 Å². The average molecular weight is 418 g/mol. The summed E-state index contributed by atoms with van der Waals surface area (Å²) in [6.07, 6.45) is 8.50. The Hall–Kier alpha value is -2.38. The Morgan fingerprint density at radius 3 is 2.60 bits per heavy atom. The lowest BCUT2D eigenvalue weighted by Gasteiger charge is -2.33. The lowest BCUT2D eigenvalue weighted by atomic mass is 9.85. The molecule has 8 heteroatoms. The first-order valence-electron chi connectivity index (χ1n) is 11.0. The van der Waals surface area contributed by atoms with Gasteiger partial charge in [0.05, 0.1) is 0 Å². The Bertz CT molecular complexity index is 736. The van der Waals surface area contributed by atoms with Crippen molar-refractivity contribution >= 4 is 17.9 Å².